The molecule has 43 heavy (non-hydrogen) atoms. The van der Waals surface area contributed by atoms with Gasteiger partial charge in [0.15, 0.2) is 0 Å². The molecule has 2 atom stereocenters. The van der Waals surface area contributed by atoms with Crippen molar-refractivity contribution in [3.8, 4) is 22.6 Å². The summed E-state index contributed by atoms with van der Waals surface area (Å²) in [5.41, 5.74) is 3.95. The standard InChI is InChI=1S/C30H37N9O4/c1-6-25(43-30(41)42-19(2)3)39-35-27(34-36-39)26-24(17-32-37(26)5)21-11-13-22(14-12-21)29(40)33-23-10-8-16-38(18-23)28-20(4)9-7-15-31-28/h7,9,11-15,17,19,23,25H,6,8,10,16,18H2,1-5H3,(H,33,40)/t23-,25?/m1/s1. The van der Waals surface area contributed by atoms with Crippen molar-refractivity contribution in [2.24, 2.45) is 7.05 Å². The number of aryl methyl sites for hydroxylation is 2. The van der Waals surface area contributed by atoms with Crippen molar-refractivity contribution in [1.82, 2.24) is 40.3 Å². The number of nitrogens with zero attached hydrogens (tertiary/aromatic N) is 8. The molecule has 0 aliphatic carbocycles. The van der Waals surface area contributed by atoms with Crippen molar-refractivity contribution < 1.29 is 19.1 Å². The number of anilines is 1. The van der Waals surface area contributed by atoms with Crippen LogP contribution >= 0.6 is 0 Å². The van der Waals surface area contributed by atoms with Crippen LogP contribution in [0, 0.1) is 6.92 Å². The monoisotopic (exact) mass is 587 g/mol. The molecule has 4 heterocycles. The molecular weight excluding hydrogens is 550 g/mol. The molecule has 13 heteroatoms. The molecule has 1 N–H and O–H groups in total. The lowest BCUT2D eigenvalue weighted by atomic mass is 10.0. The van der Waals surface area contributed by atoms with Gasteiger partial charge in [-0.15, -0.1) is 15.0 Å². The molecular formula is C30H37N9O4. The SMILES string of the molecule is CCC(OC(=O)OC(C)C)n1nnc(-c2c(-c3ccc(C(=O)N[C@@H]4CCCN(c5ncccc5C)C4)cc3)cnn2C)n1. The highest BCUT2D eigenvalue weighted by molar-refractivity contribution is 5.95. The summed E-state index contributed by atoms with van der Waals surface area (Å²) in [4.78, 5) is 33.2. The zero-order valence-electron chi connectivity index (χ0n) is 25.1. The molecule has 13 nitrogen and oxygen atoms in total. The summed E-state index contributed by atoms with van der Waals surface area (Å²) in [6.07, 6.45) is 3.97. The molecule has 1 fully saturated rings. The Morgan fingerprint density at radius 2 is 1.93 bits per heavy atom. The molecule has 1 unspecified atom stereocenters. The van der Waals surface area contributed by atoms with Crippen LogP contribution in [0.2, 0.25) is 0 Å². The number of amides is 1. The van der Waals surface area contributed by atoms with E-state index in [-0.39, 0.29) is 18.1 Å². The summed E-state index contributed by atoms with van der Waals surface area (Å²) in [5.74, 6) is 1.17. The van der Waals surface area contributed by atoms with Crippen LogP contribution in [0.5, 0.6) is 0 Å². The van der Waals surface area contributed by atoms with E-state index < -0.39 is 12.4 Å². The summed E-state index contributed by atoms with van der Waals surface area (Å²) in [6, 6.07) is 11.4. The smallest absolute Gasteiger partial charge is 0.432 e. The van der Waals surface area contributed by atoms with Crippen LogP contribution in [0.15, 0.2) is 48.8 Å². The predicted octanol–water partition coefficient (Wildman–Crippen LogP) is 4.31. The topological polar surface area (TPSA) is 142 Å². The second-order valence-corrected chi connectivity index (χ2v) is 10.8. The summed E-state index contributed by atoms with van der Waals surface area (Å²) in [6.45, 7) is 9.02. The first-order valence-electron chi connectivity index (χ1n) is 14.5. The average Bonchev–Trinajstić information content (AvgIpc) is 3.62. The molecule has 1 amide bonds. The minimum Gasteiger partial charge on any atom is -0.432 e. The normalized spacial score (nSPS) is 15.8. The largest absolute Gasteiger partial charge is 0.510 e. The maximum absolute atomic E-state index is 13.2. The van der Waals surface area contributed by atoms with Gasteiger partial charge >= 0.3 is 6.16 Å². The number of ether oxygens (including phenoxy) is 2. The van der Waals surface area contributed by atoms with Gasteiger partial charge in [0, 0.05) is 49.9 Å². The fourth-order valence-electron chi connectivity index (χ4n) is 5.15. The lowest BCUT2D eigenvalue weighted by Crippen LogP contribution is -2.48. The molecule has 0 bridgehead atoms. The van der Waals surface area contributed by atoms with E-state index in [1.165, 1.54) is 4.80 Å². The Hall–Kier alpha value is -4.81. The van der Waals surface area contributed by atoms with Gasteiger partial charge in [-0.05, 0) is 68.2 Å². The van der Waals surface area contributed by atoms with Crippen molar-refractivity contribution in [2.45, 2.75) is 65.3 Å². The molecule has 1 saturated heterocycles. The van der Waals surface area contributed by atoms with E-state index in [1.54, 1.807) is 50.1 Å². The van der Waals surface area contributed by atoms with Crippen LogP contribution in [-0.2, 0) is 16.5 Å². The summed E-state index contributed by atoms with van der Waals surface area (Å²) < 4.78 is 12.1. The van der Waals surface area contributed by atoms with Crippen LogP contribution in [0.3, 0.4) is 0 Å². The van der Waals surface area contributed by atoms with E-state index in [2.05, 4.69) is 48.7 Å². The van der Waals surface area contributed by atoms with Crippen molar-refractivity contribution in [2.75, 3.05) is 18.0 Å². The number of hydrogen-bond donors (Lipinski definition) is 1. The predicted molar refractivity (Wildman–Crippen MR) is 159 cm³/mol. The summed E-state index contributed by atoms with van der Waals surface area (Å²) in [5, 5.41) is 20.4. The first-order valence-corrected chi connectivity index (χ1v) is 14.5. The molecule has 5 rings (SSSR count). The third-order valence-electron chi connectivity index (χ3n) is 7.25. The molecule has 1 aliphatic heterocycles. The number of piperidine rings is 1. The third-order valence-corrected chi connectivity index (χ3v) is 7.25. The van der Waals surface area contributed by atoms with Crippen molar-refractivity contribution in [3.05, 3.63) is 59.9 Å². The Kier molecular flexibility index (Phi) is 8.98. The van der Waals surface area contributed by atoms with E-state index in [9.17, 15) is 9.59 Å². The Balaban J connectivity index is 1.27. The number of pyridine rings is 1. The highest BCUT2D eigenvalue weighted by atomic mass is 16.7. The van der Waals surface area contributed by atoms with Crippen LogP contribution in [0.1, 0.15) is 62.2 Å². The maximum atomic E-state index is 13.2. The zero-order chi connectivity index (χ0) is 30.5. The van der Waals surface area contributed by atoms with E-state index in [0.717, 1.165) is 48.4 Å². The molecule has 0 radical (unpaired) electrons. The number of benzene rings is 1. The lowest BCUT2D eigenvalue weighted by Gasteiger charge is -2.34. The minimum atomic E-state index is -0.796. The number of nitrogens with one attached hydrogen (secondary N) is 1. The number of rotatable bonds is 9. The van der Waals surface area contributed by atoms with Gasteiger partial charge in [-0.25, -0.2) is 9.78 Å². The van der Waals surface area contributed by atoms with Gasteiger partial charge in [0.2, 0.25) is 12.1 Å². The second-order valence-electron chi connectivity index (χ2n) is 10.8. The molecule has 226 valence electrons. The van der Waals surface area contributed by atoms with Crippen molar-refractivity contribution in [1.29, 1.82) is 0 Å². The Morgan fingerprint density at radius 1 is 1.14 bits per heavy atom. The minimum absolute atomic E-state index is 0.0316. The maximum Gasteiger partial charge on any atom is 0.510 e. The first kappa shape index (κ1) is 29.7. The average molecular weight is 588 g/mol. The van der Waals surface area contributed by atoms with Gasteiger partial charge in [0.25, 0.3) is 5.91 Å². The molecule has 0 spiro atoms. The van der Waals surface area contributed by atoms with Crippen LogP contribution < -0.4 is 10.2 Å². The van der Waals surface area contributed by atoms with Crippen LogP contribution in [0.4, 0.5) is 10.6 Å². The Bertz CT molecular complexity index is 1560. The van der Waals surface area contributed by atoms with E-state index >= 15 is 0 Å². The Morgan fingerprint density at radius 3 is 2.65 bits per heavy atom. The van der Waals surface area contributed by atoms with Crippen molar-refractivity contribution >= 4 is 17.9 Å². The van der Waals surface area contributed by atoms with E-state index in [1.807, 2.05) is 25.1 Å². The summed E-state index contributed by atoms with van der Waals surface area (Å²) in [7, 11) is 1.79. The van der Waals surface area contributed by atoms with Crippen LogP contribution in [-0.4, -0.2) is 72.3 Å². The number of tetrazole rings is 1. The molecule has 3 aromatic heterocycles. The lowest BCUT2D eigenvalue weighted by molar-refractivity contribution is -0.0290. The quantitative estimate of drug-likeness (QED) is 0.281. The van der Waals surface area contributed by atoms with Gasteiger partial charge in [0.1, 0.15) is 11.5 Å². The third kappa shape index (κ3) is 6.82. The highest BCUT2D eigenvalue weighted by Crippen LogP contribution is 2.30. The molecule has 4 aromatic rings. The van der Waals surface area contributed by atoms with Gasteiger partial charge in [-0.3, -0.25) is 9.48 Å². The number of aromatic nitrogens is 7. The molecule has 0 saturated carbocycles. The fourth-order valence-corrected chi connectivity index (χ4v) is 5.15. The van der Waals surface area contributed by atoms with Gasteiger partial charge in [-0.1, -0.05) is 25.1 Å². The molecule has 1 aromatic carbocycles. The van der Waals surface area contributed by atoms with Gasteiger partial charge < -0.3 is 19.7 Å². The Labute approximate surface area is 250 Å². The number of carbonyl (C=O) groups excluding carboxylic acids is 2. The first-order chi connectivity index (χ1) is 20.7. The van der Waals surface area contributed by atoms with Gasteiger partial charge in [-0.2, -0.15) is 5.10 Å². The number of carbonyl (C=O) groups is 2. The van der Waals surface area contributed by atoms with E-state index in [4.69, 9.17) is 9.47 Å². The second kappa shape index (κ2) is 13.0. The van der Waals surface area contributed by atoms with Gasteiger partial charge in [0.05, 0.1) is 12.3 Å². The van der Waals surface area contributed by atoms with Crippen LogP contribution in [0.25, 0.3) is 22.6 Å². The fraction of sp³-hybridized carbons (Fsp3) is 0.433. The zero-order valence-corrected chi connectivity index (χ0v) is 25.1. The van der Waals surface area contributed by atoms with Crippen molar-refractivity contribution in [3.63, 3.8) is 0 Å². The molecule has 1 aliphatic rings. The summed E-state index contributed by atoms with van der Waals surface area (Å²) >= 11 is 0. The van der Waals surface area contributed by atoms with E-state index in [0.29, 0.717) is 23.5 Å². The highest BCUT2D eigenvalue weighted by Gasteiger charge is 2.25. The number of hydrogen-bond acceptors (Lipinski definition) is 10.